The first-order chi connectivity index (χ1) is 7.06. The molecule has 0 saturated heterocycles. The van der Waals surface area contributed by atoms with Crippen LogP contribution in [0, 0.1) is 24.6 Å². The number of halogens is 2. The smallest absolute Gasteiger partial charge is 0.384 e. The molecule has 2 nitrogen and oxygen atoms in total. The number of hydrogen-bond acceptors (Lipinski definition) is 2. The number of hydrogen-bond donors (Lipinski definition) is 0. The van der Waals surface area contributed by atoms with Gasteiger partial charge in [0.25, 0.3) is 0 Å². The van der Waals surface area contributed by atoms with Gasteiger partial charge in [-0.3, -0.25) is 0 Å². The normalized spacial score (nSPS) is 9.07. The van der Waals surface area contributed by atoms with Gasteiger partial charge >= 0.3 is 5.97 Å². The molecule has 15 heavy (non-hydrogen) atoms. The molecule has 0 aliphatic heterocycles. The van der Waals surface area contributed by atoms with Gasteiger partial charge in [-0.05, 0) is 19.1 Å². The lowest BCUT2D eigenvalue weighted by atomic mass is 10.1. The summed E-state index contributed by atoms with van der Waals surface area (Å²) >= 11 is 5.70. The van der Waals surface area contributed by atoms with Crippen molar-refractivity contribution in [3.63, 3.8) is 0 Å². The largest absolute Gasteiger partial charge is 0.459 e. The summed E-state index contributed by atoms with van der Waals surface area (Å²) in [5, 5.41) is 0.330. The summed E-state index contributed by atoms with van der Waals surface area (Å²) < 4.78 is 17.8. The van der Waals surface area contributed by atoms with Gasteiger partial charge in [-0.1, -0.05) is 17.5 Å². The average Bonchev–Trinajstić information content (AvgIpc) is 2.24. The number of benzene rings is 1. The van der Waals surface area contributed by atoms with Crippen LogP contribution in [0.4, 0.5) is 4.39 Å². The van der Waals surface area contributed by atoms with Gasteiger partial charge in [0.2, 0.25) is 0 Å². The molecule has 0 heterocycles. The van der Waals surface area contributed by atoms with E-state index in [1.54, 1.807) is 6.92 Å². The fraction of sp³-hybridized carbons (Fsp3) is 0.182. The molecular formula is C11H8ClFO2. The van der Waals surface area contributed by atoms with E-state index in [4.69, 9.17) is 11.6 Å². The molecule has 0 fully saturated rings. The number of carbonyl (C=O) groups is 1. The van der Waals surface area contributed by atoms with E-state index in [1.807, 2.05) is 0 Å². The number of rotatable bonds is 0. The molecule has 4 heteroatoms. The van der Waals surface area contributed by atoms with Gasteiger partial charge in [0.1, 0.15) is 5.82 Å². The maximum atomic E-state index is 13.5. The van der Waals surface area contributed by atoms with Crippen molar-refractivity contribution in [3.8, 4) is 11.8 Å². The van der Waals surface area contributed by atoms with Gasteiger partial charge in [0, 0.05) is 16.5 Å². The zero-order valence-electron chi connectivity index (χ0n) is 8.23. The van der Waals surface area contributed by atoms with Crippen molar-refractivity contribution in [2.45, 2.75) is 6.92 Å². The van der Waals surface area contributed by atoms with E-state index in [1.165, 1.54) is 19.2 Å². The number of ether oxygens (including phenoxy) is 1. The van der Waals surface area contributed by atoms with E-state index < -0.39 is 11.8 Å². The third kappa shape index (κ3) is 2.71. The highest BCUT2D eigenvalue weighted by Gasteiger charge is 2.06. The van der Waals surface area contributed by atoms with Crippen molar-refractivity contribution >= 4 is 17.6 Å². The van der Waals surface area contributed by atoms with Crippen molar-refractivity contribution < 1.29 is 13.9 Å². The quantitative estimate of drug-likeness (QED) is 0.501. The van der Waals surface area contributed by atoms with E-state index in [0.29, 0.717) is 10.6 Å². The summed E-state index contributed by atoms with van der Waals surface area (Å²) in [4.78, 5) is 10.7. The topological polar surface area (TPSA) is 26.3 Å². The monoisotopic (exact) mass is 226 g/mol. The van der Waals surface area contributed by atoms with Gasteiger partial charge in [-0.25, -0.2) is 9.18 Å². The molecule has 1 aromatic carbocycles. The van der Waals surface area contributed by atoms with Crippen LogP contribution in [-0.4, -0.2) is 13.1 Å². The summed E-state index contributed by atoms with van der Waals surface area (Å²) in [5.74, 6) is 3.29. The van der Waals surface area contributed by atoms with Crippen LogP contribution in [0.1, 0.15) is 11.1 Å². The van der Waals surface area contributed by atoms with E-state index in [2.05, 4.69) is 16.6 Å². The molecular weight excluding hydrogens is 219 g/mol. The van der Waals surface area contributed by atoms with E-state index in [0.717, 1.165) is 0 Å². The van der Waals surface area contributed by atoms with Gasteiger partial charge < -0.3 is 4.74 Å². The SMILES string of the molecule is COC(=O)C#Cc1ccc(Cl)c(C)c1F. The van der Waals surface area contributed by atoms with Crippen LogP contribution >= 0.6 is 11.6 Å². The Morgan fingerprint density at radius 2 is 2.20 bits per heavy atom. The Morgan fingerprint density at radius 3 is 2.80 bits per heavy atom. The van der Waals surface area contributed by atoms with E-state index >= 15 is 0 Å². The second kappa shape index (κ2) is 4.81. The summed E-state index contributed by atoms with van der Waals surface area (Å²) in [6.07, 6.45) is 0. The van der Waals surface area contributed by atoms with Crippen LogP contribution in [0.2, 0.25) is 5.02 Å². The lowest BCUT2D eigenvalue weighted by Crippen LogP contribution is -1.95. The Labute approximate surface area is 92.0 Å². The van der Waals surface area contributed by atoms with Crippen LogP contribution in [0.3, 0.4) is 0 Å². The molecule has 0 aliphatic carbocycles. The Hall–Kier alpha value is -1.53. The van der Waals surface area contributed by atoms with Crippen molar-refractivity contribution in [2.24, 2.45) is 0 Å². The van der Waals surface area contributed by atoms with Crippen LogP contribution in [0.15, 0.2) is 12.1 Å². The fourth-order valence-electron chi connectivity index (χ4n) is 0.927. The Kier molecular flexibility index (Phi) is 3.70. The third-order valence-corrected chi connectivity index (χ3v) is 2.21. The zero-order chi connectivity index (χ0) is 11.4. The number of carbonyl (C=O) groups excluding carboxylic acids is 1. The maximum Gasteiger partial charge on any atom is 0.384 e. The first-order valence-electron chi connectivity index (χ1n) is 4.11. The highest BCUT2D eigenvalue weighted by Crippen LogP contribution is 2.20. The summed E-state index contributed by atoms with van der Waals surface area (Å²) in [6.45, 7) is 1.54. The first-order valence-corrected chi connectivity index (χ1v) is 4.48. The molecule has 0 N–H and O–H groups in total. The molecule has 0 saturated carbocycles. The highest BCUT2D eigenvalue weighted by atomic mass is 35.5. The molecule has 1 rings (SSSR count). The molecule has 0 spiro atoms. The van der Waals surface area contributed by atoms with Gasteiger partial charge in [0.05, 0.1) is 12.7 Å². The molecule has 0 radical (unpaired) electrons. The summed E-state index contributed by atoms with van der Waals surface area (Å²) in [7, 11) is 1.21. The second-order valence-corrected chi connectivity index (χ2v) is 3.18. The van der Waals surface area contributed by atoms with Crippen LogP contribution in [-0.2, 0) is 9.53 Å². The van der Waals surface area contributed by atoms with Gasteiger partial charge in [-0.2, -0.15) is 0 Å². The van der Waals surface area contributed by atoms with Crippen molar-refractivity contribution in [1.82, 2.24) is 0 Å². The fourth-order valence-corrected chi connectivity index (χ4v) is 1.07. The molecule has 78 valence electrons. The minimum absolute atomic E-state index is 0.127. The average molecular weight is 227 g/mol. The number of methoxy groups -OCH3 is 1. The highest BCUT2D eigenvalue weighted by molar-refractivity contribution is 6.31. The lowest BCUT2D eigenvalue weighted by Gasteiger charge is -2.00. The Bertz CT molecular complexity index is 458. The predicted octanol–water partition coefficient (Wildman–Crippen LogP) is 2.31. The van der Waals surface area contributed by atoms with Crippen LogP contribution < -0.4 is 0 Å². The van der Waals surface area contributed by atoms with E-state index in [-0.39, 0.29) is 5.56 Å². The van der Waals surface area contributed by atoms with Gasteiger partial charge in [0.15, 0.2) is 0 Å². The second-order valence-electron chi connectivity index (χ2n) is 2.78. The van der Waals surface area contributed by atoms with Gasteiger partial charge in [-0.15, -0.1) is 0 Å². The van der Waals surface area contributed by atoms with Crippen molar-refractivity contribution in [1.29, 1.82) is 0 Å². The zero-order valence-corrected chi connectivity index (χ0v) is 8.98. The van der Waals surface area contributed by atoms with Crippen LogP contribution in [0.25, 0.3) is 0 Å². The predicted molar refractivity (Wildman–Crippen MR) is 55.0 cm³/mol. The Balaban J connectivity index is 3.10. The maximum absolute atomic E-state index is 13.5. The first kappa shape index (κ1) is 11.5. The Morgan fingerprint density at radius 1 is 1.53 bits per heavy atom. The molecule has 0 amide bonds. The molecule has 1 aromatic rings. The molecule has 0 aromatic heterocycles. The molecule has 0 unspecified atom stereocenters. The van der Waals surface area contributed by atoms with E-state index in [9.17, 15) is 9.18 Å². The summed E-state index contributed by atoms with van der Waals surface area (Å²) in [5.41, 5.74) is 0.440. The third-order valence-electron chi connectivity index (χ3n) is 1.80. The van der Waals surface area contributed by atoms with Crippen LogP contribution in [0.5, 0.6) is 0 Å². The van der Waals surface area contributed by atoms with Crippen molar-refractivity contribution in [3.05, 3.63) is 34.1 Å². The standard InChI is InChI=1S/C11H8ClFO2/c1-7-9(12)5-3-8(11(7)13)4-6-10(14)15-2/h3,5H,1-2H3. The number of esters is 1. The molecule has 0 atom stereocenters. The van der Waals surface area contributed by atoms with Crippen molar-refractivity contribution in [2.75, 3.05) is 7.11 Å². The molecule has 0 aliphatic rings. The minimum atomic E-state index is -0.706. The lowest BCUT2D eigenvalue weighted by molar-refractivity contribution is -0.133. The minimum Gasteiger partial charge on any atom is -0.459 e. The molecule has 0 bridgehead atoms. The summed E-state index contributed by atoms with van der Waals surface area (Å²) in [6, 6.07) is 2.95.